The normalized spacial score (nSPS) is 10.6. The number of benzene rings is 2. The Kier molecular flexibility index (Phi) is 5.13. The summed E-state index contributed by atoms with van der Waals surface area (Å²) in [6.45, 7) is 0. The number of fused-ring (bicyclic) bond motifs is 1. The molecule has 0 saturated carbocycles. The number of carbonyl (C=O) groups is 1. The molecule has 0 unspecified atom stereocenters. The molecule has 0 aliphatic heterocycles. The molecule has 7 nitrogen and oxygen atoms in total. The van der Waals surface area contributed by atoms with E-state index in [0.29, 0.717) is 28.0 Å². The van der Waals surface area contributed by atoms with Crippen LogP contribution in [0.3, 0.4) is 0 Å². The van der Waals surface area contributed by atoms with Gasteiger partial charge in [0.15, 0.2) is 11.5 Å². The van der Waals surface area contributed by atoms with Gasteiger partial charge < -0.3 is 9.47 Å². The van der Waals surface area contributed by atoms with Crippen LogP contribution in [0, 0.1) is 0 Å². The second kappa shape index (κ2) is 7.49. The Balaban J connectivity index is 2.01. The van der Waals surface area contributed by atoms with Gasteiger partial charge in [-0.1, -0.05) is 12.1 Å². The lowest BCUT2D eigenvalue weighted by atomic mass is 10.2. The number of hydrogen-bond donors (Lipinski definition) is 2. The second-order valence-electron chi connectivity index (χ2n) is 5.29. The van der Waals surface area contributed by atoms with E-state index in [-0.39, 0.29) is 17.4 Å². The maximum Gasteiger partial charge on any atom is 0.260 e. The van der Waals surface area contributed by atoms with Crippen molar-refractivity contribution >= 4 is 34.5 Å². The van der Waals surface area contributed by atoms with E-state index in [1.807, 2.05) is 18.4 Å². The maximum absolute atomic E-state index is 12.5. The van der Waals surface area contributed by atoms with Crippen LogP contribution >= 0.6 is 11.8 Å². The number of aromatic nitrogens is 2. The highest BCUT2D eigenvalue weighted by Crippen LogP contribution is 2.30. The number of nitrogens with zero attached hydrogens (tertiary/aromatic N) is 1. The number of carbonyl (C=O) groups excluding carboxylic acids is 1. The van der Waals surface area contributed by atoms with Gasteiger partial charge in [-0.05, 0) is 24.5 Å². The zero-order valence-electron chi connectivity index (χ0n) is 14.5. The summed E-state index contributed by atoms with van der Waals surface area (Å²) >= 11 is 1.47. The van der Waals surface area contributed by atoms with Crippen LogP contribution in [0.25, 0.3) is 10.9 Å². The fourth-order valence-electron chi connectivity index (χ4n) is 2.53. The van der Waals surface area contributed by atoms with Gasteiger partial charge in [-0.15, -0.1) is 11.8 Å². The molecule has 0 spiro atoms. The zero-order valence-corrected chi connectivity index (χ0v) is 15.3. The quantitative estimate of drug-likeness (QED) is 0.670. The molecule has 2 aromatic carbocycles. The number of methoxy groups -OCH3 is 2. The number of amides is 1. The van der Waals surface area contributed by atoms with Crippen LogP contribution < -0.4 is 20.3 Å². The smallest absolute Gasteiger partial charge is 0.260 e. The van der Waals surface area contributed by atoms with Crippen molar-refractivity contribution in [1.29, 1.82) is 0 Å². The van der Waals surface area contributed by atoms with Gasteiger partial charge >= 0.3 is 0 Å². The molecule has 8 heteroatoms. The minimum Gasteiger partial charge on any atom is -0.493 e. The molecule has 0 atom stereocenters. The predicted molar refractivity (Wildman–Crippen MR) is 102 cm³/mol. The highest BCUT2D eigenvalue weighted by atomic mass is 32.2. The Labute approximate surface area is 153 Å². The standard InChI is InChI=1S/C18H17N3O4S/c1-24-13-8-11-12(9-14(13)25-2)19-18(21-17(11)23)20-16(22)10-6-4-5-7-15(10)26-3/h4-9H,1-3H3,(H2,19,20,21,22,23). The molecule has 0 aliphatic carbocycles. The first-order chi connectivity index (χ1) is 12.6. The highest BCUT2D eigenvalue weighted by molar-refractivity contribution is 7.98. The molecule has 134 valence electrons. The Bertz CT molecular complexity index is 1030. The van der Waals surface area contributed by atoms with Crippen LogP contribution in [0.5, 0.6) is 11.5 Å². The Morgan fingerprint density at radius 3 is 2.54 bits per heavy atom. The molecular formula is C18H17N3O4S. The first-order valence-electron chi connectivity index (χ1n) is 7.67. The van der Waals surface area contributed by atoms with Gasteiger partial charge in [0.1, 0.15) is 0 Å². The lowest BCUT2D eigenvalue weighted by molar-refractivity contribution is 0.102. The first kappa shape index (κ1) is 17.8. The van der Waals surface area contributed by atoms with E-state index in [2.05, 4.69) is 15.3 Å². The lowest BCUT2D eigenvalue weighted by Gasteiger charge is -2.10. The molecule has 3 rings (SSSR count). The minimum atomic E-state index is -0.385. The second-order valence-corrected chi connectivity index (χ2v) is 6.14. The molecule has 26 heavy (non-hydrogen) atoms. The van der Waals surface area contributed by atoms with E-state index < -0.39 is 0 Å². The van der Waals surface area contributed by atoms with Crippen molar-refractivity contribution in [1.82, 2.24) is 9.97 Å². The van der Waals surface area contributed by atoms with Crippen LogP contribution in [0.15, 0.2) is 46.1 Å². The molecule has 3 aromatic rings. The Morgan fingerprint density at radius 2 is 1.85 bits per heavy atom. The fraction of sp³-hybridized carbons (Fsp3) is 0.167. The third-order valence-corrected chi connectivity index (χ3v) is 4.59. The molecule has 0 radical (unpaired) electrons. The molecule has 1 amide bonds. The summed E-state index contributed by atoms with van der Waals surface area (Å²) in [5.74, 6) is 0.592. The monoisotopic (exact) mass is 371 g/mol. The Morgan fingerprint density at radius 1 is 1.15 bits per heavy atom. The number of rotatable bonds is 5. The van der Waals surface area contributed by atoms with Gasteiger partial charge in [-0.2, -0.15) is 0 Å². The number of anilines is 1. The van der Waals surface area contributed by atoms with Gasteiger partial charge in [0.05, 0.1) is 30.7 Å². The minimum absolute atomic E-state index is 0.0654. The summed E-state index contributed by atoms with van der Waals surface area (Å²) in [6, 6.07) is 10.4. The van der Waals surface area contributed by atoms with Crippen molar-refractivity contribution in [3.8, 4) is 11.5 Å². The van der Waals surface area contributed by atoms with E-state index in [4.69, 9.17) is 9.47 Å². The molecule has 0 fully saturated rings. The van der Waals surface area contributed by atoms with E-state index in [0.717, 1.165) is 4.90 Å². The lowest BCUT2D eigenvalue weighted by Crippen LogP contribution is -2.19. The predicted octanol–water partition coefficient (Wildman–Crippen LogP) is 2.91. The topological polar surface area (TPSA) is 93.3 Å². The SMILES string of the molecule is COc1cc2nc(NC(=O)c3ccccc3SC)[nH]c(=O)c2cc1OC. The highest BCUT2D eigenvalue weighted by Gasteiger charge is 2.14. The van der Waals surface area contributed by atoms with Crippen molar-refractivity contribution in [3.05, 3.63) is 52.3 Å². The van der Waals surface area contributed by atoms with E-state index >= 15 is 0 Å². The van der Waals surface area contributed by atoms with E-state index in [1.165, 1.54) is 26.0 Å². The number of ether oxygens (including phenoxy) is 2. The molecule has 0 aliphatic rings. The number of hydrogen-bond acceptors (Lipinski definition) is 6. The first-order valence-corrected chi connectivity index (χ1v) is 8.90. The molecule has 1 aromatic heterocycles. The van der Waals surface area contributed by atoms with E-state index in [1.54, 1.807) is 24.3 Å². The third kappa shape index (κ3) is 3.36. The van der Waals surface area contributed by atoms with Gasteiger partial charge in [-0.3, -0.25) is 19.9 Å². The number of nitrogens with one attached hydrogen (secondary N) is 2. The Hall–Kier alpha value is -3.00. The molecule has 0 bridgehead atoms. The largest absolute Gasteiger partial charge is 0.493 e. The van der Waals surface area contributed by atoms with Crippen LogP contribution in [-0.4, -0.2) is 36.4 Å². The summed E-state index contributed by atoms with van der Waals surface area (Å²) in [5.41, 5.74) is 0.513. The van der Waals surface area contributed by atoms with Crippen molar-refractivity contribution in [2.45, 2.75) is 4.90 Å². The van der Waals surface area contributed by atoms with Gasteiger partial charge in [0, 0.05) is 11.0 Å². The summed E-state index contributed by atoms with van der Waals surface area (Å²) < 4.78 is 10.4. The van der Waals surface area contributed by atoms with Gasteiger partial charge in [0.25, 0.3) is 11.5 Å². The van der Waals surface area contributed by atoms with Crippen LogP contribution in [-0.2, 0) is 0 Å². The summed E-state index contributed by atoms with van der Waals surface area (Å²) in [5, 5.41) is 2.98. The van der Waals surface area contributed by atoms with Crippen LogP contribution in [0.4, 0.5) is 5.95 Å². The average molecular weight is 371 g/mol. The summed E-state index contributed by atoms with van der Waals surface area (Å²) in [7, 11) is 2.99. The molecule has 0 saturated heterocycles. The maximum atomic E-state index is 12.5. The number of aromatic amines is 1. The number of H-pyrrole nitrogens is 1. The molecule has 2 N–H and O–H groups in total. The molecule has 1 heterocycles. The van der Waals surface area contributed by atoms with E-state index in [9.17, 15) is 9.59 Å². The summed E-state index contributed by atoms with van der Waals surface area (Å²) in [6.07, 6.45) is 1.89. The molecular weight excluding hydrogens is 354 g/mol. The fourth-order valence-corrected chi connectivity index (χ4v) is 3.13. The third-order valence-electron chi connectivity index (χ3n) is 3.79. The van der Waals surface area contributed by atoms with Gasteiger partial charge in [0.2, 0.25) is 5.95 Å². The van der Waals surface area contributed by atoms with Crippen LogP contribution in [0.1, 0.15) is 10.4 Å². The van der Waals surface area contributed by atoms with Crippen molar-refractivity contribution in [2.75, 3.05) is 25.8 Å². The summed E-state index contributed by atoms with van der Waals surface area (Å²) in [4.78, 5) is 32.6. The average Bonchev–Trinajstić information content (AvgIpc) is 2.66. The van der Waals surface area contributed by atoms with Gasteiger partial charge in [-0.25, -0.2) is 4.98 Å². The zero-order chi connectivity index (χ0) is 18.7. The van der Waals surface area contributed by atoms with Crippen molar-refractivity contribution < 1.29 is 14.3 Å². The number of thioether (sulfide) groups is 1. The van der Waals surface area contributed by atoms with Crippen molar-refractivity contribution in [3.63, 3.8) is 0 Å². The van der Waals surface area contributed by atoms with Crippen LogP contribution in [0.2, 0.25) is 0 Å². The van der Waals surface area contributed by atoms with Crippen molar-refractivity contribution in [2.24, 2.45) is 0 Å².